The van der Waals surface area contributed by atoms with Crippen LogP contribution in [0.4, 0.5) is 5.69 Å². The lowest BCUT2D eigenvalue weighted by Crippen LogP contribution is -2.42. The van der Waals surface area contributed by atoms with Gasteiger partial charge in [-0.1, -0.05) is 0 Å². The Morgan fingerprint density at radius 1 is 1.22 bits per heavy atom. The number of hydrogen-bond acceptors (Lipinski definition) is 6. The molecule has 0 aliphatic heterocycles. The normalized spacial score (nSPS) is 11.3. The third kappa shape index (κ3) is 4.49. The molecular weight excluding hydrogens is 326 g/mol. The molecule has 0 aliphatic rings. The summed E-state index contributed by atoms with van der Waals surface area (Å²) < 4.78 is 25.8. The zero-order valence-electron chi connectivity index (χ0n) is 12.6. The van der Waals surface area contributed by atoms with Gasteiger partial charge in [-0.15, -0.1) is 0 Å². The van der Waals surface area contributed by atoms with E-state index in [2.05, 4.69) is 0 Å². The fourth-order valence-electron chi connectivity index (χ4n) is 1.89. The minimum absolute atomic E-state index is 0.246. The Labute approximate surface area is 133 Å². The topological polar surface area (TPSA) is 141 Å². The summed E-state index contributed by atoms with van der Waals surface area (Å²) in [5.41, 5.74) is 4.70. The molecule has 0 unspecified atom stereocenters. The Balaban J connectivity index is 3.16. The van der Waals surface area contributed by atoms with E-state index in [4.69, 9.17) is 5.73 Å². The summed E-state index contributed by atoms with van der Waals surface area (Å²) in [5, 5.41) is 10.6. The first-order chi connectivity index (χ1) is 10.6. The first-order valence-electron chi connectivity index (χ1n) is 6.67. The summed E-state index contributed by atoms with van der Waals surface area (Å²) in [4.78, 5) is 32.6. The first kappa shape index (κ1) is 18.6. The molecule has 1 aromatic rings. The van der Waals surface area contributed by atoms with Gasteiger partial charge in [0, 0.05) is 31.0 Å². The first-order valence-corrected chi connectivity index (χ1v) is 8.11. The van der Waals surface area contributed by atoms with E-state index in [0.29, 0.717) is 4.31 Å². The Hall–Kier alpha value is -2.49. The maximum atomic E-state index is 12.6. The van der Waals surface area contributed by atoms with Crippen molar-refractivity contribution < 1.29 is 22.9 Å². The van der Waals surface area contributed by atoms with Crippen LogP contribution < -0.4 is 5.73 Å². The van der Waals surface area contributed by atoms with Crippen LogP contribution in [0.3, 0.4) is 0 Å². The molecule has 23 heavy (non-hydrogen) atoms. The van der Waals surface area contributed by atoms with E-state index in [1.807, 2.05) is 0 Å². The summed E-state index contributed by atoms with van der Waals surface area (Å²) in [6, 6.07) is 3.52. The molecule has 10 heteroatoms. The third-order valence-corrected chi connectivity index (χ3v) is 4.92. The van der Waals surface area contributed by atoms with Crippen molar-refractivity contribution in [3.05, 3.63) is 34.4 Å². The number of nitrogens with two attached hydrogens (primary N) is 1. The third-order valence-electron chi connectivity index (χ3n) is 2.90. The van der Waals surface area contributed by atoms with Crippen LogP contribution in [0.2, 0.25) is 0 Å². The van der Waals surface area contributed by atoms with Crippen LogP contribution in [0.1, 0.15) is 26.7 Å². The quantitative estimate of drug-likeness (QED) is 0.573. The molecule has 0 aromatic heterocycles. The molecule has 126 valence electrons. The van der Waals surface area contributed by atoms with E-state index in [1.54, 1.807) is 0 Å². The molecule has 0 atom stereocenters. The molecule has 0 radical (unpaired) electrons. The number of nitro benzene ring substituents is 1. The zero-order chi connectivity index (χ0) is 17.8. The van der Waals surface area contributed by atoms with Crippen LogP contribution in [0.5, 0.6) is 0 Å². The van der Waals surface area contributed by atoms with Gasteiger partial charge >= 0.3 is 0 Å². The predicted molar refractivity (Wildman–Crippen MR) is 80.7 cm³/mol. The molecule has 0 aliphatic carbocycles. The number of nitro groups is 1. The van der Waals surface area contributed by atoms with Crippen LogP contribution in [0.25, 0.3) is 0 Å². The van der Waals surface area contributed by atoms with Gasteiger partial charge in [-0.3, -0.25) is 19.7 Å². The molecular formula is C13H17N3O6S. The summed E-state index contributed by atoms with van der Waals surface area (Å²) >= 11 is 0. The number of primary amides is 1. The average molecular weight is 343 g/mol. The lowest BCUT2D eigenvalue weighted by Gasteiger charge is -2.26. The number of non-ortho nitro benzene ring substituents is 1. The Bertz CT molecular complexity index is 712. The molecule has 0 saturated carbocycles. The SMILES string of the molecule is CC(C)N(C(=O)CCC(N)=O)S(=O)(=O)c1ccc([N+](=O)[O-])cc1. The van der Waals surface area contributed by atoms with E-state index in [1.165, 1.54) is 13.8 Å². The summed E-state index contributed by atoms with van der Waals surface area (Å²) in [6.45, 7) is 3.01. The zero-order valence-corrected chi connectivity index (χ0v) is 13.4. The maximum absolute atomic E-state index is 12.6. The lowest BCUT2D eigenvalue weighted by atomic mass is 10.2. The average Bonchev–Trinajstić information content (AvgIpc) is 2.44. The van der Waals surface area contributed by atoms with Crippen molar-refractivity contribution in [3.63, 3.8) is 0 Å². The maximum Gasteiger partial charge on any atom is 0.269 e. The molecule has 2 N–H and O–H groups in total. The lowest BCUT2D eigenvalue weighted by molar-refractivity contribution is -0.384. The Morgan fingerprint density at radius 3 is 2.13 bits per heavy atom. The van der Waals surface area contributed by atoms with Crippen LogP contribution in [-0.4, -0.2) is 35.5 Å². The smallest absolute Gasteiger partial charge is 0.269 e. The van der Waals surface area contributed by atoms with Gasteiger partial charge in [0.05, 0.1) is 9.82 Å². The Morgan fingerprint density at radius 2 is 1.74 bits per heavy atom. The molecule has 0 spiro atoms. The van der Waals surface area contributed by atoms with Crippen molar-refractivity contribution in [2.45, 2.75) is 37.6 Å². The van der Waals surface area contributed by atoms with Crippen LogP contribution in [0, 0.1) is 10.1 Å². The van der Waals surface area contributed by atoms with Gasteiger partial charge < -0.3 is 5.73 Å². The molecule has 0 bridgehead atoms. The van der Waals surface area contributed by atoms with Gasteiger partial charge in [-0.2, -0.15) is 0 Å². The second-order valence-corrected chi connectivity index (χ2v) is 6.82. The number of hydrogen-bond donors (Lipinski definition) is 1. The fourth-order valence-corrected chi connectivity index (χ4v) is 3.51. The largest absolute Gasteiger partial charge is 0.370 e. The summed E-state index contributed by atoms with van der Waals surface area (Å²) in [7, 11) is -4.18. The summed E-state index contributed by atoms with van der Waals surface area (Å²) in [6.07, 6.45) is -0.600. The monoisotopic (exact) mass is 343 g/mol. The number of amides is 2. The highest BCUT2D eigenvalue weighted by Crippen LogP contribution is 2.22. The fraction of sp³-hybridized carbons (Fsp3) is 0.385. The molecule has 2 amide bonds. The molecule has 0 fully saturated rings. The van der Waals surface area contributed by atoms with Crippen molar-refractivity contribution in [2.75, 3.05) is 0 Å². The van der Waals surface area contributed by atoms with Gasteiger partial charge in [-0.25, -0.2) is 12.7 Å². The predicted octanol–water partition coefficient (Wildman–Crippen LogP) is 0.786. The molecule has 1 rings (SSSR count). The van der Waals surface area contributed by atoms with Crippen LogP contribution in [0.15, 0.2) is 29.2 Å². The highest BCUT2D eigenvalue weighted by molar-refractivity contribution is 7.89. The molecule has 1 aromatic carbocycles. The van der Waals surface area contributed by atoms with Gasteiger partial charge in [0.1, 0.15) is 0 Å². The van der Waals surface area contributed by atoms with Gasteiger partial charge in [0.2, 0.25) is 11.8 Å². The number of carbonyl (C=O) groups excluding carboxylic acids is 2. The van der Waals surface area contributed by atoms with E-state index in [9.17, 15) is 28.1 Å². The Kier molecular flexibility index (Phi) is 5.79. The van der Waals surface area contributed by atoms with Crippen molar-refractivity contribution in [1.82, 2.24) is 4.31 Å². The molecule has 0 heterocycles. The number of sulfonamides is 1. The van der Waals surface area contributed by atoms with Crippen molar-refractivity contribution in [2.24, 2.45) is 5.73 Å². The van der Waals surface area contributed by atoms with Crippen molar-refractivity contribution in [3.8, 4) is 0 Å². The van der Waals surface area contributed by atoms with Crippen LogP contribution >= 0.6 is 0 Å². The van der Waals surface area contributed by atoms with Crippen molar-refractivity contribution >= 4 is 27.5 Å². The number of carbonyl (C=O) groups is 2. The minimum atomic E-state index is -4.18. The van der Waals surface area contributed by atoms with Crippen molar-refractivity contribution in [1.29, 1.82) is 0 Å². The molecule has 9 nitrogen and oxygen atoms in total. The van der Waals surface area contributed by atoms with Crippen LogP contribution in [-0.2, 0) is 19.6 Å². The number of benzene rings is 1. The summed E-state index contributed by atoms with van der Waals surface area (Å²) in [5.74, 6) is -1.48. The van der Waals surface area contributed by atoms with E-state index < -0.39 is 32.8 Å². The van der Waals surface area contributed by atoms with Gasteiger partial charge in [0.15, 0.2) is 0 Å². The number of rotatable bonds is 7. The second kappa shape index (κ2) is 7.18. The number of nitrogens with zero attached hydrogens (tertiary/aromatic N) is 2. The van der Waals surface area contributed by atoms with E-state index in [0.717, 1.165) is 24.3 Å². The van der Waals surface area contributed by atoms with Gasteiger partial charge in [-0.05, 0) is 26.0 Å². The second-order valence-electron chi connectivity index (χ2n) is 5.01. The molecule has 0 saturated heterocycles. The minimum Gasteiger partial charge on any atom is -0.370 e. The van der Waals surface area contributed by atoms with E-state index in [-0.39, 0.29) is 23.4 Å². The highest BCUT2D eigenvalue weighted by Gasteiger charge is 2.31. The van der Waals surface area contributed by atoms with E-state index >= 15 is 0 Å². The standard InChI is InChI=1S/C13H17N3O6S/c1-9(2)15(13(18)8-7-12(14)17)23(21,22)11-5-3-10(4-6-11)16(19)20/h3-6,9H,7-8H2,1-2H3,(H2,14,17). The van der Waals surface area contributed by atoms with Gasteiger partial charge in [0.25, 0.3) is 15.7 Å². The highest BCUT2D eigenvalue weighted by atomic mass is 32.2.